The second-order valence-electron chi connectivity index (χ2n) is 6.43. The number of aryl methyl sites for hydroxylation is 2. The summed E-state index contributed by atoms with van der Waals surface area (Å²) >= 11 is 0. The Morgan fingerprint density at radius 3 is 2.10 bits per heavy atom. The van der Waals surface area contributed by atoms with Crippen LogP contribution in [0.25, 0.3) is 0 Å². The largest absolute Gasteiger partial charge is 0.494 e. The third kappa shape index (κ3) is 5.01. The molecule has 7 nitrogen and oxygen atoms in total. The topological polar surface area (TPSA) is 85.2 Å². The summed E-state index contributed by atoms with van der Waals surface area (Å²) in [5, 5.41) is 9.95. The Hall–Kier alpha value is -3.61. The SMILES string of the molecule is CCOc1ccc(NC(=O)c2ccc(NC(=O)c3cc(C)nn3CC)cc2)cc1. The van der Waals surface area contributed by atoms with Crippen molar-refractivity contribution in [3.05, 3.63) is 71.5 Å². The highest BCUT2D eigenvalue weighted by molar-refractivity contribution is 6.05. The highest BCUT2D eigenvalue weighted by Crippen LogP contribution is 2.17. The van der Waals surface area contributed by atoms with E-state index in [4.69, 9.17) is 4.74 Å². The Bertz CT molecular complexity index is 992. The van der Waals surface area contributed by atoms with Crippen molar-refractivity contribution in [3.8, 4) is 5.75 Å². The molecule has 2 amide bonds. The molecule has 0 aliphatic rings. The molecule has 0 fully saturated rings. The fourth-order valence-corrected chi connectivity index (χ4v) is 2.87. The lowest BCUT2D eigenvalue weighted by atomic mass is 10.2. The minimum absolute atomic E-state index is 0.230. The number of nitrogens with one attached hydrogen (secondary N) is 2. The lowest BCUT2D eigenvalue weighted by molar-refractivity contribution is 0.101. The first-order chi connectivity index (χ1) is 14.0. The van der Waals surface area contributed by atoms with Crippen molar-refractivity contribution in [2.24, 2.45) is 0 Å². The van der Waals surface area contributed by atoms with Crippen LogP contribution in [-0.2, 0) is 6.54 Å². The molecule has 1 aromatic heterocycles. The number of amides is 2. The molecule has 2 N–H and O–H groups in total. The molecule has 3 aromatic rings. The molecular weight excluding hydrogens is 368 g/mol. The van der Waals surface area contributed by atoms with E-state index in [-0.39, 0.29) is 11.8 Å². The summed E-state index contributed by atoms with van der Waals surface area (Å²) in [6.45, 7) is 6.90. The number of rotatable bonds is 7. The Morgan fingerprint density at radius 2 is 1.52 bits per heavy atom. The normalized spacial score (nSPS) is 10.4. The number of hydrogen-bond acceptors (Lipinski definition) is 4. The molecule has 0 unspecified atom stereocenters. The molecule has 29 heavy (non-hydrogen) atoms. The van der Waals surface area contributed by atoms with Gasteiger partial charge in [-0.2, -0.15) is 5.10 Å². The van der Waals surface area contributed by atoms with Crippen LogP contribution in [0.3, 0.4) is 0 Å². The summed E-state index contributed by atoms with van der Waals surface area (Å²) in [6, 6.07) is 15.7. The number of benzene rings is 2. The van der Waals surface area contributed by atoms with E-state index in [1.807, 2.05) is 20.8 Å². The first kappa shape index (κ1) is 20.1. The lowest BCUT2D eigenvalue weighted by Crippen LogP contribution is -2.17. The zero-order valence-corrected chi connectivity index (χ0v) is 16.7. The molecule has 7 heteroatoms. The van der Waals surface area contributed by atoms with E-state index < -0.39 is 0 Å². The number of anilines is 2. The van der Waals surface area contributed by atoms with Crippen molar-refractivity contribution in [2.45, 2.75) is 27.3 Å². The van der Waals surface area contributed by atoms with Gasteiger partial charge < -0.3 is 15.4 Å². The molecular formula is C22H24N4O3. The van der Waals surface area contributed by atoms with Gasteiger partial charge in [-0.25, -0.2) is 0 Å². The number of hydrogen-bond donors (Lipinski definition) is 2. The van der Waals surface area contributed by atoms with Gasteiger partial charge in [-0.3, -0.25) is 14.3 Å². The molecule has 0 aliphatic carbocycles. The Kier molecular flexibility index (Phi) is 6.29. The zero-order valence-electron chi connectivity index (χ0n) is 16.7. The fourth-order valence-electron chi connectivity index (χ4n) is 2.87. The van der Waals surface area contributed by atoms with Gasteiger partial charge in [-0.1, -0.05) is 0 Å². The monoisotopic (exact) mass is 392 g/mol. The molecule has 150 valence electrons. The number of ether oxygens (including phenoxy) is 1. The average molecular weight is 392 g/mol. The van der Waals surface area contributed by atoms with Gasteiger partial charge in [0.2, 0.25) is 0 Å². The number of carbonyl (C=O) groups excluding carboxylic acids is 2. The quantitative estimate of drug-likeness (QED) is 0.633. The van der Waals surface area contributed by atoms with Crippen LogP contribution in [0, 0.1) is 6.92 Å². The third-order valence-corrected chi connectivity index (χ3v) is 4.26. The van der Waals surface area contributed by atoms with E-state index >= 15 is 0 Å². The number of nitrogens with zero attached hydrogens (tertiary/aromatic N) is 2. The Labute approximate surface area is 169 Å². The summed E-state index contributed by atoms with van der Waals surface area (Å²) < 4.78 is 7.05. The average Bonchev–Trinajstić information content (AvgIpc) is 3.11. The minimum Gasteiger partial charge on any atom is -0.494 e. The van der Waals surface area contributed by atoms with Crippen LogP contribution in [0.5, 0.6) is 5.75 Å². The van der Waals surface area contributed by atoms with E-state index in [0.717, 1.165) is 11.4 Å². The van der Waals surface area contributed by atoms with Crippen LogP contribution in [0.2, 0.25) is 0 Å². The zero-order chi connectivity index (χ0) is 20.8. The molecule has 0 atom stereocenters. The van der Waals surface area contributed by atoms with Gasteiger partial charge in [-0.15, -0.1) is 0 Å². The van der Waals surface area contributed by atoms with Crippen molar-refractivity contribution in [1.82, 2.24) is 9.78 Å². The smallest absolute Gasteiger partial charge is 0.273 e. The third-order valence-electron chi connectivity index (χ3n) is 4.26. The molecule has 0 spiro atoms. The highest BCUT2D eigenvalue weighted by atomic mass is 16.5. The van der Waals surface area contributed by atoms with E-state index in [0.29, 0.717) is 35.8 Å². The summed E-state index contributed by atoms with van der Waals surface area (Å²) in [4.78, 5) is 24.9. The molecule has 1 heterocycles. The predicted octanol–water partition coefficient (Wildman–Crippen LogP) is 4.11. The van der Waals surface area contributed by atoms with Crippen LogP contribution < -0.4 is 15.4 Å². The standard InChI is InChI=1S/C22H24N4O3/c1-4-26-20(14-15(3)25-26)22(28)24-17-8-6-16(7-9-17)21(27)23-18-10-12-19(13-11-18)29-5-2/h6-14H,4-5H2,1-3H3,(H,23,27)(H,24,28). The molecule has 3 rings (SSSR count). The van der Waals surface area contributed by atoms with Crippen molar-refractivity contribution < 1.29 is 14.3 Å². The van der Waals surface area contributed by atoms with Crippen molar-refractivity contribution >= 4 is 23.2 Å². The Morgan fingerprint density at radius 1 is 0.931 bits per heavy atom. The van der Waals surface area contributed by atoms with E-state index in [1.165, 1.54) is 0 Å². The molecule has 0 saturated carbocycles. The van der Waals surface area contributed by atoms with Gasteiger partial charge in [0.15, 0.2) is 0 Å². The first-order valence-corrected chi connectivity index (χ1v) is 9.50. The number of carbonyl (C=O) groups is 2. The van der Waals surface area contributed by atoms with Gasteiger partial charge in [0.25, 0.3) is 11.8 Å². The summed E-state index contributed by atoms with van der Waals surface area (Å²) in [5.41, 5.74) is 3.07. The molecule has 0 radical (unpaired) electrons. The maximum absolute atomic E-state index is 12.5. The van der Waals surface area contributed by atoms with Crippen LogP contribution in [-0.4, -0.2) is 28.2 Å². The van der Waals surface area contributed by atoms with Gasteiger partial charge in [0, 0.05) is 23.5 Å². The van der Waals surface area contributed by atoms with E-state index in [2.05, 4.69) is 15.7 Å². The first-order valence-electron chi connectivity index (χ1n) is 9.50. The van der Waals surface area contributed by atoms with E-state index in [9.17, 15) is 9.59 Å². The predicted molar refractivity (Wildman–Crippen MR) is 113 cm³/mol. The van der Waals surface area contributed by atoms with Crippen LogP contribution in [0.1, 0.15) is 40.4 Å². The molecule has 0 bridgehead atoms. The van der Waals surface area contributed by atoms with Gasteiger partial charge >= 0.3 is 0 Å². The highest BCUT2D eigenvalue weighted by Gasteiger charge is 2.14. The van der Waals surface area contributed by atoms with Crippen LogP contribution >= 0.6 is 0 Å². The molecule has 0 saturated heterocycles. The van der Waals surface area contributed by atoms with Crippen LogP contribution in [0.4, 0.5) is 11.4 Å². The minimum atomic E-state index is -0.237. The van der Waals surface area contributed by atoms with E-state index in [1.54, 1.807) is 59.3 Å². The van der Waals surface area contributed by atoms with Gasteiger partial charge in [0.1, 0.15) is 11.4 Å². The molecule has 2 aromatic carbocycles. The summed E-state index contributed by atoms with van der Waals surface area (Å²) in [7, 11) is 0. The van der Waals surface area contributed by atoms with Crippen molar-refractivity contribution in [1.29, 1.82) is 0 Å². The van der Waals surface area contributed by atoms with Gasteiger partial charge in [0.05, 0.1) is 12.3 Å². The van der Waals surface area contributed by atoms with Gasteiger partial charge in [-0.05, 0) is 75.4 Å². The summed E-state index contributed by atoms with van der Waals surface area (Å²) in [6.07, 6.45) is 0. The van der Waals surface area contributed by atoms with Crippen molar-refractivity contribution in [2.75, 3.05) is 17.2 Å². The second-order valence-corrected chi connectivity index (χ2v) is 6.43. The maximum atomic E-state index is 12.5. The summed E-state index contributed by atoms with van der Waals surface area (Å²) in [5.74, 6) is 0.288. The van der Waals surface area contributed by atoms with Crippen LogP contribution in [0.15, 0.2) is 54.6 Å². The Balaban J connectivity index is 1.63. The lowest BCUT2D eigenvalue weighted by Gasteiger charge is -2.09. The molecule has 0 aliphatic heterocycles. The number of aromatic nitrogens is 2. The second kappa shape index (κ2) is 9.05. The van der Waals surface area contributed by atoms with Crippen molar-refractivity contribution in [3.63, 3.8) is 0 Å². The maximum Gasteiger partial charge on any atom is 0.273 e. The fraction of sp³-hybridized carbons (Fsp3) is 0.227.